The second-order valence-electron chi connectivity index (χ2n) is 7.43. The summed E-state index contributed by atoms with van der Waals surface area (Å²) in [5.74, 6) is 0.164. The van der Waals surface area contributed by atoms with Gasteiger partial charge in [0.05, 0.1) is 11.8 Å². The van der Waals surface area contributed by atoms with Gasteiger partial charge >= 0.3 is 0 Å². The summed E-state index contributed by atoms with van der Waals surface area (Å²) in [6, 6.07) is 8.66. The first kappa shape index (κ1) is 23.8. The zero-order valence-electron chi connectivity index (χ0n) is 18.3. The minimum absolute atomic E-state index is 0.316. The average Bonchev–Trinajstić information content (AvgIpc) is 2.76. The highest BCUT2D eigenvalue weighted by Crippen LogP contribution is 2.26. The SMILES string of the molecule is C=CCOc1ccc(-c2ccc(/C=C/CCCC(C)OCCCCC)nc2)c(F)c1. The third kappa shape index (κ3) is 8.50. The molecule has 1 atom stereocenters. The molecular weight excluding hydrogens is 377 g/mol. The normalized spacial score (nSPS) is 12.2. The molecule has 0 spiro atoms. The van der Waals surface area contributed by atoms with Crippen molar-refractivity contribution in [2.75, 3.05) is 13.2 Å². The van der Waals surface area contributed by atoms with Crippen LogP contribution in [-0.4, -0.2) is 24.3 Å². The molecule has 3 nitrogen and oxygen atoms in total. The summed E-state index contributed by atoms with van der Waals surface area (Å²) in [5.41, 5.74) is 2.12. The number of nitrogens with zero attached hydrogens (tertiary/aromatic N) is 1. The number of hydrogen-bond acceptors (Lipinski definition) is 3. The van der Waals surface area contributed by atoms with Crippen molar-refractivity contribution >= 4 is 6.08 Å². The van der Waals surface area contributed by atoms with Crippen molar-refractivity contribution in [3.05, 3.63) is 66.8 Å². The predicted molar refractivity (Wildman–Crippen MR) is 123 cm³/mol. The molecule has 4 heteroatoms. The molecule has 0 bridgehead atoms. The molecule has 0 aliphatic heterocycles. The maximum Gasteiger partial charge on any atom is 0.134 e. The standard InChI is InChI=1S/C26H34FNO2/c1-4-6-10-18-29-21(3)11-8-7-9-12-23-14-13-22(20-28-23)25-16-15-24(19-26(25)27)30-17-5-2/h5,9,12-16,19-21H,2,4,6-8,10-11,17-18H2,1,3H3/b12-9+. The van der Waals surface area contributed by atoms with Crippen molar-refractivity contribution in [1.82, 2.24) is 4.98 Å². The van der Waals surface area contributed by atoms with E-state index in [0.29, 0.717) is 24.0 Å². The largest absolute Gasteiger partial charge is 0.489 e. The van der Waals surface area contributed by atoms with Gasteiger partial charge in [0, 0.05) is 30.0 Å². The Hall–Kier alpha value is -2.46. The smallest absolute Gasteiger partial charge is 0.134 e. The Bertz CT molecular complexity index is 786. The van der Waals surface area contributed by atoms with Crippen molar-refractivity contribution in [2.45, 2.75) is 58.5 Å². The monoisotopic (exact) mass is 411 g/mol. The predicted octanol–water partition coefficient (Wildman–Crippen LogP) is 7.23. The lowest BCUT2D eigenvalue weighted by Gasteiger charge is -2.11. The van der Waals surface area contributed by atoms with E-state index in [1.807, 2.05) is 18.2 Å². The van der Waals surface area contributed by atoms with E-state index in [4.69, 9.17) is 9.47 Å². The zero-order valence-corrected chi connectivity index (χ0v) is 18.3. The Morgan fingerprint density at radius 3 is 2.73 bits per heavy atom. The molecule has 2 rings (SSSR count). The van der Waals surface area contributed by atoms with Gasteiger partial charge in [-0.05, 0) is 56.9 Å². The third-order valence-corrected chi connectivity index (χ3v) is 4.83. The zero-order chi connectivity index (χ0) is 21.6. The highest BCUT2D eigenvalue weighted by molar-refractivity contribution is 5.65. The summed E-state index contributed by atoms with van der Waals surface area (Å²) in [4.78, 5) is 4.44. The molecule has 0 saturated carbocycles. The van der Waals surface area contributed by atoms with E-state index in [1.165, 1.54) is 18.9 Å². The average molecular weight is 412 g/mol. The van der Waals surface area contributed by atoms with E-state index >= 15 is 0 Å². The van der Waals surface area contributed by atoms with Gasteiger partial charge in [0.25, 0.3) is 0 Å². The van der Waals surface area contributed by atoms with Gasteiger partial charge < -0.3 is 9.47 Å². The van der Waals surface area contributed by atoms with Crippen LogP contribution in [0.2, 0.25) is 0 Å². The number of hydrogen-bond donors (Lipinski definition) is 0. The molecule has 1 heterocycles. The molecule has 2 aromatic rings. The lowest BCUT2D eigenvalue weighted by Crippen LogP contribution is -2.08. The van der Waals surface area contributed by atoms with Gasteiger partial charge in [0.15, 0.2) is 0 Å². The second kappa shape index (κ2) is 13.7. The third-order valence-electron chi connectivity index (χ3n) is 4.83. The number of aromatic nitrogens is 1. The van der Waals surface area contributed by atoms with Crippen LogP contribution in [0.15, 0.2) is 55.3 Å². The van der Waals surface area contributed by atoms with Gasteiger partial charge in [-0.3, -0.25) is 4.98 Å². The highest BCUT2D eigenvalue weighted by atomic mass is 19.1. The molecule has 1 aromatic heterocycles. The number of pyridine rings is 1. The lowest BCUT2D eigenvalue weighted by molar-refractivity contribution is 0.0566. The van der Waals surface area contributed by atoms with Gasteiger partial charge in [-0.2, -0.15) is 0 Å². The Kier molecular flexibility index (Phi) is 10.9. The van der Waals surface area contributed by atoms with Gasteiger partial charge in [0.1, 0.15) is 18.2 Å². The molecule has 0 N–H and O–H groups in total. The van der Waals surface area contributed by atoms with Gasteiger partial charge in [-0.1, -0.05) is 44.6 Å². The van der Waals surface area contributed by atoms with Crippen molar-refractivity contribution in [3.8, 4) is 16.9 Å². The maximum absolute atomic E-state index is 14.4. The Labute approximate surface area is 180 Å². The molecule has 0 saturated heterocycles. The van der Waals surface area contributed by atoms with E-state index in [9.17, 15) is 4.39 Å². The number of rotatable bonds is 14. The molecule has 162 valence electrons. The quantitative estimate of drug-likeness (QED) is 0.243. The molecule has 0 amide bonds. The number of ether oxygens (including phenoxy) is 2. The van der Waals surface area contributed by atoms with Crippen LogP contribution in [0.4, 0.5) is 4.39 Å². The molecule has 1 unspecified atom stereocenters. The molecule has 0 aliphatic carbocycles. The fourth-order valence-corrected chi connectivity index (χ4v) is 3.09. The molecule has 0 fully saturated rings. The van der Waals surface area contributed by atoms with Crippen LogP contribution in [0.1, 0.15) is 58.1 Å². The van der Waals surface area contributed by atoms with E-state index in [1.54, 1.807) is 24.4 Å². The first-order chi connectivity index (χ1) is 14.6. The number of allylic oxidation sites excluding steroid dienone is 1. The summed E-state index contributed by atoms with van der Waals surface area (Å²) in [6.07, 6.45) is 14.6. The molecule has 30 heavy (non-hydrogen) atoms. The van der Waals surface area contributed by atoms with Crippen molar-refractivity contribution in [1.29, 1.82) is 0 Å². The fourth-order valence-electron chi connectivity index (χ4n) is 3.09. The van der Waals surface area contributed by atoms with Crippen LogP contribution in [0.25, 0.3) is 17.2 Å². The van der Waals surface area contributed by atoms with Crippen molar-refractivity contribution < 1.29 is 13.9 Å². The van der Waals surface area contributed by atoms with Crippen LogP contribution in [0.3, 0.4) is 0 Å². The number of unbranched alkanes of at least 4 members (excludes halogenated alkanes) is 3. The van der Waals surface area contributed by atoms with E-state index in [-0.39, 0.29) is 5.82 Å². The topological polar surface area (TPSA) is 31.4 Å². The fraction of sp³-hybridized carbons (Fsp3) is 0.423. The summed E-state index contributed by atoms with van der Waals surface area (Å²) in [6.45, 7) is 9.16. The van der Waals surface area contributed by atoms with E-state index in [0.717, 1.165) is 43.5 Å². The minimum atomic E-state index is -0.326. The van der Waals surface area contributed by atoms with Crippen LogP contribution in [-0.2, 0) is 4.74 Å². The van der Waals surface area contributed by atoms with Crippen LogP contribution >= 0.6 is 0 Å². The Morgan fingerprint density at radius 1 is 1.17 bits per heavy atom. The van der Waals surface area contributed by atoms with Gasteiger partial charge in [0.2, 0.25) is 0 Å². The maximum atomic E-state index is 14.4. The molecule has 0 aliphatic rings. The lowest BCUT2D eigenvalue weighted by atomic mass is 10.1. The van der Waals surface area contributed by atoms with Gasteiger partial charge in [-0.15, -0.1) is 0 Å². The van der Waals surface area contributed by atoms with Crippen molar-refractivity contribution in [2.24, 2.45) is 0 Å². The summed E-state index contributed by atoms with van der Waals surface area (Å²) in [7, 11) is 0. The Morgan fingerprint density at radius 2 is 2.03 bits per heavy atom. The minimum Gasteiger partial charge on any atom is -0.489 e. The van der Waals surface area contributed by atoms with E-state index < -0.39 is 0 Å². The molecular formula is C26H34FNO2. The van der Waals surface area contributed by atoms with Gasteiger partial charge in [-0.25, -0.2) is 4.39 Å². The first-order valence-electron chi connectivity index (χ1n) is 10.9. The Balaban J connectivity index is 1.78. The molecule has 1 aromatic carbocycles. The second-order valence-corrected chi connectivity index (χ2v) is 7.43. The van der Waals surface area contributed by atoms with Crippen LogP contribution < -0.4 is 4.74 Å². The summed E-state index contributed by atoms with van der Waals surface area (Å²) in [5, 5.41) is 0. The summed E-state index contributed by atoms with van der Waals surface area (Å²) >= 11 is 0. The highest BCUT2D eigenvalue weighted by Gasteiger charge is 2.07. The van der Waals surface area contributed by atoms with Crippen LogP contribution in [0.5, 0.6) is 5.75 Å². The first-order valence-corrected chi connectivity index (χ1v) is 10.9. The number of benzene rings is 1. The van der Waals surface area contributed by atoms with Crippen LogP contribution in [0, 0.1) is 5.82 Å². The number of halogens is 1. The van der Waals surface area contributed by atoms with Crippen molar-refractivity contribution in [3.63, 3.8) is 0 Å². The van der Waals surface area contributed by atoms with E-state index in [2.05, 4.69) is 31.5 Å². The molecule has 0 radical (unpaired) electrons. The summed E-state index contributed by atoms with van der Waals surface area (Å²) < 4.78 is 25.6.